The number of guanidine groups is 1. The predicted molar refractivity (Wildman–Crippen MR) is 104 cm³/mol. The molecule has 3 aromatic rings. The third-order valence-electron chi connectivity index (χ3n) is 4.05. The van der Waals surface area contributed by atoms with Gasteiger partial charge in [-0.1, -0.05) is 18.2 Å². The summed E-state index contributed by atoms with van der Waals surface area (Å²) in [5.74, 6) is 0.880. The Morgan fingerprint density at radius 3 is 2.88 bits per heavy atom. The van der Waals surface area contributed by atoms with Gasteiger partial charge in [-0.3, -0.25) is 0 Å². The molecule has 0 fully saturated rings. The van der Waals surface area contributed by atoms with Crippen LogP contribution in [-0.4, -0.2) is 24.0 Å². The molecule has 3 N–H and O–H groups in total. The van der Waals surface area contributed by atoms with Gasteiger partial charge in [0.25, 0.3) is 0 Å². The van der Waals surface area contributed by atoms with Crippen LogP contribution in [0.25, 0.3) is 10.9 Å². The highest BCUT2D eigenvalue weighted by Gasteiger charge is 2.04. The molecule has 5 heteroatoms. The second-order valence-electron chi connectivity index (χ2n) is 5.76. The number of H-pyrrole nitrogens is 1. The van der Waals surface area contributed by atoms with Crippen LogP contribution >= 0.6 is 11.3 Å². The number of hydrogen-bond donors (Lipinski definition) is 3. The first-order valence-electron chi connectivity index (χ1n) is 8.38. The Kier molecular flexibility index (Phi) is 5.54. The van der Waals surface area contributed by atoms with Crippen LogP contribution in [0.15, 0.2) is 46.9 Å². The maximum absolute atomic E-state index is 4.69. The van der Waals surface area contributed by atoms with E-state index in [0.29, 0.717) is 0 Å². The van der Waals surface area contributed by atoms with E-state index in [1.165, 1.54) is 26.9 Å². The molecule has 0 bridgehead atoms. The van der Waals surface area contributed by atoms with E-state index in [1.807, 2.05) is 0 Å². The summed E-state index contributed by atoms with van der Waals surface area (Å²) in [5.41, 5.74) is 3.85. The Bertz CT molecular complexity index is 816. The molecule has 0 aliphatic carbocycles. The van der Waals surface area contributed by atoms with E-state index >= 15 is 0 Å². The van der Waals surface area contributed by atoms with E-state index in [9.17, 15) is 0 Å². The minimum atomic E-state index is 0.728. The molecule has 2 aromatic heterocycles. The van der Waals surface area contributed by atoms with E-state index < -0.39 is 0 Å². The van der Waals surface area contributed by atoms with E-state index in [0.717, 1.165) is 32.0 Å². The summed E-state index contributed by atoms with van der Waals surface area (Å²) < 4.78 is 0. The molecule has 1 aromatic carbocycles. The average molecular weight is 340 g/mol. The molecule has 0 amide bonds. The van der Waals surface area contributed by atoms with Crippen LogP contribution in [0.2, 0.25) is 0 Å². The largest absolute Gasteiger partial charge is 0.361 e. The molecule has 24 heavy (non-hydrogen) atoms. The third-order valence-corrected chi connectivity index (χ3v) is 5.06. The number of nitrogens with zero attached hydrogens (tertiary/aromatic N) is 1. The van der Waals surface area contributed by atoms with E-state index in [4.69, 9.17) is 4.99 Å². The lowest BCUT2D eigenvalue weighted by Crippen LogP contribution is -2.38. The number of hydrogen-bond acceptors (Lipinski definition) is 2. The number of fused-ring (bicyclic) bond motifs is 1. The lowest BCUT2D eigenvalue weighted by atomic mass is 10.1. The first kappa shape index (κ1) is 16.6. The number of nitrogens with one attached hydrogen (secondary N) is 3. The molecule has 0 radical (unpaired) electrons. The van der Waals surface area contributed by atoms with Crippen LogP contribution < -0.4 is 10.6 Å². The van der Waals surface area contributed by atoms with Crippen LogP contribution in [0.1, 0.15) is 22.9 Å². The summed E-state index contributed by atoms with van der Waals surface area (Å²) in [6.07, 6.45) is 3.07. The zero-order valence-electron chi connectivity index (χ0n) is 14.2. The second kappa shape index (κ2) is 8.02. The molecule has 4 nitrogen and oxygen atoms in total. The van der Waals surface area contributed by atoms with Crippen molar-refractivity contribution in [2.24, 2.45) is 4.99 Å². The number of aliphatic imine (C=N–C) groups is 1. The molecule has 0 unspecified atom stereocenters. The van der Waals surface area contributed by atoms with Crippen LogP contribution in [0.4, 0.5) is 0 Å². The zero-order valence-corrected chi connectivity index (χ0v) is 15.0. The summed E-state index contributed by atoms with van der Waals surface area (Å²) in [7, 11) is 0. The van der Waals surface area contributed by atoms with Gasteiger partial charge in [0.2, 0.25) is 0 Å². The van der Waals surface area contributed by atoms with Gasteiger partial charge in [-0.15, -0.1) is 11.3 Å². The highest BCUT2D eigenvalue weighted by atomic mass is 32.1. The molecular formula is C19H24N4S. The molecule has 0 spiro atoms. The first-order valence-corrected chi connectivity index (χ1v) is 9.26. The third kappa shape index (κ3) is 3.97. The standard InChI is InChI=1S/C19H24N4S/c1-3-20-19(23-13-18-14(2)9-11-24-18)21-10-8-15-12-22-17-7-5-4-6-16(15)17/h4-7,9,11-12,22H,3,8,10,13H2,1-2H3,(H2,20,21,23). The van der Waals surface area contributed by atoms with E-state index in [1.54, 1.807) is 11.3 Å². The van der Waals surface area contributed by atoms with Crippen molar-refractivity contribution >= 4 is 28.2 Å². The van der Waals surface area contributed by atoms with Crippen molar-refractivity contribution in [1.82, 2.24) is 15.6 Å². The Labute approximate surface area is 147 Å². The molecule has 2 heterocycles. The van der Waals surface area contributed by atoms with E-state index in [-0.39, 0.29) is 0 Å². The SMILES string of the molecule is CCNC(=NCc1sccc1C)NCCc1c[nH]c2ccccc12. The number of para-hydroxylation sites is 1. The quantitative estimate of drug-likeness (QED) is 0.472. The van der Waals surface area contributed by atoms with E-state index in [2.05, 4.69) is 71.4 Å². The van der Waals surface area contributed by atoms with Gasteiger partial charge in [-0.05, 0) is 48.9 Å². The fraction of sp³-hybridized carbons (Fsp3) is 0.316. The van der Waals surface area contributed by atoms with Gasteiger partial charge >= 0.3 is 0 Å². The highest BCUT2D eigenvalue weighted by Crippen LogP contribution is 2.18. The van der Waals surface area contributed by atoms with Crippen molar-refractivity contribution in [1.29, 1.82) is 0 Å². The van der Waals surface area contributed by atoms with Crippen LogP contribution in [0, 0.1) is 6.92 Å². The van der Waals surface area contributed by atoms with Crippen molar-refractivity contribution in [3.8, 4) is 0 Å². The number of rotatable bonds is 6. The molecule has 0 saturated carbocycles. The smallest absolute Gasteiger partial charge is 0.191 e. The Morgan fingerprint density at radius 2 is 2.08 bits per heavy atom. The summed E-state index contributed by atoms with van der Waals surface area (Å²) in [4.78, 5) is 9.35. The van der Waals surface area contributed by atoms with Gasteiger partial charge in [-0.2, -0.15) is 0 Å². The molecule has 0 aliphatic rings. The first-order chi connectivity index (χ1) is 11.8. The Morgan fingerprint density at radius 1 is 1.21 bits per heavy atom. The summed E-state index contributed by atoms with van der Waals surface area (Å²) >= 11 is 1.77. The van der Waals surface area contributed by atoms with Crippen molar-refractivity contribution in [2.45, 2.75) is 26.8 Å². The predicted octanol–water partition coefficient (Wildman–Crippen LogP) is 3.84. The Hall–Kier alpha value is -2.27. The summed E-state index contributed by atoms with van der Waals surface area (Å²) in [6, 6.07) is 10.6. The monoisotopic (exact) mass is 340 g/mol. The molecular weight excluding hydrogens is 316 g/mol. The fourth-order valence-corrected chi connectivity index (χ4v) is 3.54. The van der Waals surface area contributed by atoms with Gasteiger partial charge in [0.05, 0.1) is 6.54 Å². The molecule has 3 rings (SSSR count). The maximum atomic E-state index is 4.69. The number of aromatic nitrogens is 1. The highest BCUT2D eigenvalue weighted by molar-refractivity contribution is 7.10. The maximum Gasteiger partial charge on any atom is 0.191 e. The van der Waals surface area contributed by atoms with Crippen molar-refractivity contribution < 1.29 is 0 Å². The van der Waals surface area contributed by atoms with Gasteiger partial charge < -0.3 is 15.6 Å². The molecule has 126 valence electrons. The number of benzene rings is 1. The lowest BCUT2D eigenvalue weighted by Gasteiger charge is -2.11. The van der Waals surface area contributed by atoms with Crippen molar-refractivity contribution in [2.75, 3.05) is 13.1 Å². The Balaban J connectivity index is 1.59. The van der Waals surface area contributed by atoms with Crippen molar-refractivity contribution in [3.05, 3.63) is 57.9 Å². The van der Waals surface area contributed by atoms with Gasteiger partial charge in [0.1, 0.15) is 0 Å². The number of thiophene rings is 1. The summed E-state index contributed by atoms with van der Waals surface area (Å²) in [5, 5.41) is 10.2. The van der Waals surface area contributed by atoms with Gasteiger partial charge in [0.15, 0.2) is 5.96 Å². The minimum Gasteiger partial charge on any atom is -0.361 e. The van der Waals surface area contributed by atoms with Crippen LogP contribution in [0.3, 0.4) is 0 Å². The fourth-order valence-electron chi connectivity index (χ4n) is 2.71. The second-order valence-corrected chi connectivity index (χ2v) is 6.76. The van der Waals surface area contributed by atoms with Crippen LogP contribution in [0.5, 0.6) is 0 Å². The zero-order chi connectivity index (χ0) is 16.8. The van der Waals surface area contributed by atoms with Crippen molar-refractivity contribution in [3.63, 3.8) is 0 Å². The van der Waals surface area contributed by atoms with Crippen LogP contribution in [-0.2, 0) is 13.0 Å². The number of aryl methyl sites for hydroxylation is 1. The average Bonchev–Trinajstić information content (AvgIpc) is 3.19. The summed E-state index contributed by atoms with van der Waals surface area (Å²) in [6.45, 7) is 6.68. The molecule has 0 saturated heterocycles. The number of aromatic amines is 1. The molecule has 0 atom stereocenters. The molecule has 0 aliphatic heterocycles. The van der Waals surface area contributed by atoms with Gasteiger partial charge in [0, 0.05) is 35.1 Å². The topological polar surface area (TPSA) is 52.2 Å². The normalized spacial score (nSPS) is 11.8. The van der Waals surface area contributed by atoms with Gasteiger partial charge in [-0.25, -0.2) is 4.99 Å². The lowest BCUT2D eigenvalue weighted by molar-refractivity contribution is 0.802. The minimum absolute atomic E-state index is 0.728.